The van der Waals surface area contributed by atoms with Crippen LogP contribution in [0, 0.1) is 5.41 Å². The Labute approximate surface area is 108 Å². The van der Waals surface area contributed by atoms with Gasteiger partial charge in [-0.25, -0.2) is 0 Å². The van der Waals surface area contributed by atoms with Crippen LogP contribution in [-0.2, 0) is 4.79 Å². The normalized spacial score (nSPS) is 10.3. The van der Waals surface area contributed by atoms with Crippen molar-refractivity contribution < 1.29 is 20.1 Å². The van der Waals surface area contributed by atoms with Crippen LogP contribution in [0.4, 0.5) is 0 Å². The van der Waals surface area contributed by atoms with E-state index in [-0.39, 0.29) is 58.2 Å². The molecule has 0 heterocycles. The third kappa shape index (κ3) is 3.55. The van der Waals surface area contributed by atoms with Gasteiger partial charge in [-0.1, -0.05) is 0 Å². The molecule has 0 fully saturated rings. The fourth-order valence-corrected chi connectivity index (χ4v) is 0.185. The molecule has 0 aliphatic rings. The quantitative estimate of drug-likeness (QED) is 0.536. The van der Waals surface area contributed by atoms with Crippen LogP contribution in [0.15, 0.2) is 0 Å². The van der Waals surface area contributed by atoms with Crippen molar-refractivity contribution in [1.82, 2.24) is 0 Å². The topological polar surface area (TPSA) is 77.8 Å². The summed E-state index contributed by atoms with van der Waals surface area (Å²) in [4.78, 5) is 10.2. The Hall–Kier alpha value is 1.20. The zero-order valence-electron chi connectivity index (χ0n) is 5.16. The number of carboxylic acids is 1. The minimum absolute atomic E-state index is 0. The molecule has 10 heavy (non-hydrogen) atoms. The van der Waals surface area contributed by atoms with Crippen molar-refractivity contribution in [2.45, 2.75) is 6.92 Å². The van der Waals surface area contributed by atoms with Crippen molar-refractivity contribution in [1.29, 1.82) is 0 Å². The number of hydrogen-bond donors (Lipinski definition) is 3. The van der Waals surface area contributed by atoms with Gasteiger partial charge in [0.05, 0.1) is 13.2 Å². The molecule has 0 saturated heterocycles. The summed E-state index contributed by atoms with van der Waals surface area (Å²) in [6, 6.07) is 0. The Bertz CT molecular complexity index is 110. The second-order valence-electron chi connectivity index (χ2n) is 2.18. The summed E-state index contributed by atoms with van der Waals surface area (Å²) in [5.41, 5.74) is -1.39. The molecule has 0 aliphatic carbocycles. The molecule has 0 radical (unpaired) electrons. The Morgan fingerprint density at radius 2 is 1.70 bits per heavy atom. The molecule has 0 saturated carbocycles. The van der Waals surface area contributed by atoms with E-state index in [0.717, 1.165) is 0 Å². The van der Waals surface area contributed by atoms with Crippen LogP contribution < -0.4 is 0 Å². The van der Waals surface area contributed by atoms with E-state index in [2.05, 4.69) is 0 Å². The molecule has 0 bridgehead atoms. The Balaban J connectivity index is 0. The molecule has 0 aromatic rings. The number of carboxylic acid groups (broad SMARTS) is 1. The predicted octanol–water partition coefficient (Wildman–Crippen LogP) is -1.59. The molecule has 0 aliphatic heterocycles. The first-order valence-electron chi connectivity index (χ1n) is 2.52. The maximum atomic E-state index is 10.2. The first kappa shape index (κ1) is 13.8. The summed E-state index contributed by atoms with van der Waals surface area (Å²) in [5.74, 6) is -1.19. The molecule has 0 aromatic carbocycles. The predicted molar refractivity (Wildman–Crippen MR) is 37.1 cm³/mol. The van der Waals surface area contributed by atoms with Crippen LogP contribution in [-0.4, -0.2) is 92.7 Å². The van der Waals surface area contributed by atoms with Gasteiger partial charge < -0.3 is 15.3 Å². The van der Waals surface area contributed by atoms with Crippen molar-refractivity contribution in [2.75, 3.05) is 13.2 Å². The van der Waals surface area contributed by atoms with Gasteiger partial charge in [0.15, 0.2) is 0 Å². The maximum absolute atomic E-state index is 10.2. The van der Waals surface area contributed by atoms with Crippen LogP contribution in [0.1, 0.15) is 6.92 Å². The molecule has 0 amide bonds. The molecule has 0 unspecified atom stereocenters. The number of hydrogen-bond acceptors (Lipinski definition) is 3. The molecule has 0 atom stereocenters. The van der Waals surface area contributed by atoms with E-state index in [0.29, 0.717) is 0 Å². The van der Waals surface area contributed by atoms with Crippen molar-refractivity contribution in [3.63, 3.8) is 0 Å². The third-order valence-corrected chi connectivity index (χ3v) is 1.21. The van der Waals surface area contributed by atoms with Crippen molar-refractivity contribution in [2.24, 2.45) is 5.41 Å². The standard InChI is InChI=1S/C5H10O4.Rb.H/c1-5(2-6,3-7)4(8)9;;/h6-7H,2-3H2,1H3,(H,8,9);;. The Morgan fingerprint density at radius 1 is 1.40 bits per heavy atom. The van der Waals surface area contributed by atoms with E-state index in [1.165, 1.54) is 6.92 Å². The molecular formula is C5H11O4Rb. The zero-order chi connectivity index (χ0) is 7.49. The van der Waals surface area contributed by atoms with Gasteiger partial charge >= 0.3 is 64.2 Å². The number of aliphatic hydroxyl groups excluding tert-OH is 2. The number of aliphatic carboxylic acids is 1. The summed E-state index contributed by atoms with van der Waals surface area (Å²) >= 11 is 0. The summed E-state index contributed by atoms with van der Waals surface area (Å²) in [7, 11) is 0. The van der Waals surface area contributed by atoms with Crippen molar-refractivity contribution >= 4 is 64.2 Å². The van der Waals surface area contributed by atoms with Crippen LogP contribution in [0.25, 0.3) is 0 Å². The second-order valence-corrected chi connectivity index (χ2v) is 2.18. The second kappa shape index (κ2) is 5.80. The summed E-state index contributed by atoms with van der Waals surface area (Å²) in [6.45, 7) is 0.187. The minimum atomic E-state index is -1.39. The Morgan fingerprint density at radius 3 is 1.70 bits per heavy atom. The molecule has 0 aromatic heterocycles. The van der Waals surface area contributed by atoms with E-state index >= 15 is 0 Å². The zero-order valence-corrected chi connectivity index (χ0v) is 5.16. The average Bonchev–Trinajstić information content (AvgIpc) is 1.86. The van der Waals surface area contributed by atoms with E-state index < -0.39 is 24.6 Å². The average molecular weight is 221 g/mol. The van der Waals surface area contributed by atoms with E-state index in [4.69, 9.17) is 15.3 Å². The summed E-state index contributed by atoms with van der Waals surface area (Å²) < 4.78 is 0. The van der Waals surface area contributed by atoms with Gasteiger partial charge in [0.1, 0.15) is 5.41 Å². The van der Waals surface area contributed by atoms with E-state index in [1.54, 1.807) is 0 Å². The molecule has 5 heteroatoms. The summed E-state index contributed by atoms with van der Waals surface area (Å²) in [6.07, 6.45) is 0. The van der Waals surface area contributed by atoms with Gasteiger partial charge in [0.25, 0.3) is 0 Å². The van der Waals surface area contributed by atoms with Crippen LogP contribution in [0.2, 0.25) is 0 Å². The molecule has 0 rings (SSSR count). The van der Waals surface area contributed by atoms with E-state index in [1.807, 2.05) is 0 Å². The number of rotatable bonds is 3. The van der Waals surface area contributed by atoms with Gasteiger partial charge in [-0.05, 0) is 6.92 Å². The molecule has 56 valence electrons. The molecule has 4 nitrogen and oxygen atoms in total. The number of carbonyl (C=O) groups is 1. The summed E-state index contributed by atoms with van der Waals surface area (Å²) in [5, 5.41) is 25.1. The van der Waals surface area contributed by atoms with Gasteiger partial charge in [-0.2, -0.15) is 0 Å². The fraction of sp³-hybridized carbons (Fsp3) is 0.800. The monoisotopic (exact) mass is 220 g/mol. The van der Waals surface area contributed by atoms with Crippen LogP contribution >= 0.6 is 0 Å². The van der Waals surface area contributed by atoms with Gasteiger partial charge in [0.2, 0.25) is 0 Å². The first-order chi connectivity index (χ1) is 4.06. The Kier molecular flexibility index (Phi) is 7.98. The van der Waals surface area contributed by atoms with E-state index in [9.17, 15) is 4.79 Å². The van der Waals surface area contributed by atoms with Gasteiger partial charge in [-0.15, -0.1) is 0 Å². The number of aliphatic hydroxyl groups is 2. The molecule has 3 N–H and O–H groups in total. The first-order valence-corrected chi connectivity index (χ1v) is 2.52. The molecule has 0 spiro atoms. The van der Waals surface area contributed by atoms with Crippen LogP contribution in [0.5, 0.6) is 0 Å². The van der Waals surface area contributed by atoms with Gasteiger partial charge in [-0.3, -0.25) is 4.79 Å². The SMILES string of the molecule is CC(CO)(CO)C(=O)O.[RbH]. The molecular weight excluding hydrogens is 210 g/mol. The van der Waals surface area contributed by atoms with Crippen LogP contribution in [0.3, 0.4) is 0 Å². The van der Waals surface area contributed by atoms with Crippen molar-refractivity contribution in [3.8, 4) is 0 Å². The van der Waals surface area contributed by atoms with Gasteiger partial charge in [0, 0.05) is 0 Å². The third-order valence-electron chi connectivity index (χ3n) is 1.21. The van der Waals surface area contributed by atoms with Crippen molar-refractivity contribution in [3.05, 3.63) is 0 Å². The fourth-order valence-electron chi connectivity index (χ4n) is 0.185.